The zero-order chi connectivity index (χ0) is 10.0. The molecule has 14 heavy (non-hydrogen) atoms. The molecule has 82 valence electrons. The van der Waals surface area contributed by atoms with Crippen LogP contribution in [0.5, 0.6) is 0 Å². The smallest absolute Gasteiger partial charge is 0.0707 e. The van der Waals surface area contributed by atoms with Crippen LogP contribution in [0.3, 0.4) is 0 Å². The van der Waals surface area contributed by atoms with Gasteiger partial charge in [-0.1, -0.05) is 19.3 Å². The standard InChI is InChI=1S/C12H22O2/c1-12(9-11(13)7-8-14-12)10-5-3-2-4-6-10/h10-11,13H,2-9H2,1H3. The van der Waals surface area contributed by atoms with Gasteiger partial charge in [0, 0.05) is 13.0 Å². The third kappa shape index (κ3) is 2.12. The molecule has 0 aromatic rings. The molecule has 2 fully saturated rings. The summed E-state index contributed by atoms with van der Waals surface area (Å²) in [5.41, 5.74) is -0.0297. The summed E-state index contributed by atoms with van der Waals surface area (Å²) in [7, 11) is 0. The highest BCUT2D eigenvalue weighted by Gasteiger charge is 2.39. The predicted molar refractivity (Wildman–Crippen MR) is 56.2 cm³/mol. The molecule has 1 heterocycles. The van der Waals surface area contributed by atoms with Gasteiger partial charge in [0.1, 0.15) is 0 Å². The van der Waals surface area contributed by atoms with E-state index in [1.54, 1.807) is 0 Å². The van der Waals surface area contributed by atoms with E-state index in [9.17, 15) is 5.11 Å². The maximum atomic E-state index is 9.70. The van der Waals surface area contributed by atoms with E-state index in [2.05, 4.69) is 6.92 Å². The average Bonchev–Trinajstić information content (AvgIpc) is 2.19. The molecular weight excluding hydrogens is 176 g/mol. The van der Waals surface area contributed by atoms with E-state index in [4.69, 9.17) is 4.74 Å². The van der Waals surface area contributed by atoms with Crippen LogP contribution in [0.15, 0.2) is 0 Å². The van der Waals surface area contributed by atoms with E-state index in [0.717, 1.165) is 19.4 Å². The van der Waals surface area contributed by atoms with Crippen molar-refractivity contribution in [2.24, 2.45) is 5.92 Å². The topological polar surface area (TPSA) is 29.5 Å². The van der Waals surface area contributed by atoms with Crippen LogP contribution >= 0.6 is 0 Å². The highest BCUT2D eigenvalue weighted by atomic mass is 16.5. The lowest BCUT2D eigenvalue weighted by molar-refractivity contribution is -0.144. The minimum atomic E-state index is -0.129. The normalized spacial score (nSPS) is 41.1. The van der Waals surface area contributed by atoms with Crippen molar-refractivity contribution < 1.29 is 9.84 Å². The average molecular weight is 198 g/mol. The van der Waals surface area contributed by atoms with Crippen molar-refractivity contribution >= 4 is 0 Å². The van der Waals surface area contributed by atoms with Gasteiger partial charge in [-0.25, -0.2) is 0 Å². The summed E-state index contributed by atoms with van der Waals surface area (Å²) in [5.74, 6) is 0.686. The van der Waals surface area contributed by atoms with Crippen molar-refractivity contribution in [2.45, 2.75) is 63.6 Å². The third-order valence-electron chi connectivity index (χ3n) is 3.99. The van der Waals surface area contributed by atoms with Crippen LogP contribution in [0, 0.1) is 5.92 Å². The van der Waals surface area contributed by atoms with Gasteiger partial charge in [-0.2, -0.15) is 0 Å². The molecule has 0 aromatic heterocycles. The molecule has 2 unspecified atom stereocenters. The zero-order valence-corrected chi connectivity index (χ0v) is 9.17. The van der Waals surface area contributed by atoms with Crippen molar-refractivity contribution in [3.63, 3.8) is 0 Å². The molecule has 1 saturated heterocycles. The summed E-state index contributed by atoms with van der Waals surface area (Å²) in [6.45, 7) is 2.94. The fraction of sp³-hybridized carbons (Fsp3) is 1.00. The number of hydrogen-bond donors (Lipinski definition) is 1. The number of aliphatic hydroxyl groups excluding tert-OH is 1. The fourth-order valence-corrected chi connectivity index (χ4v) is 3.05. The second-order valence-electron chi connectivity index (χ2n) is 5.14. The van der Waals surface area contributed by atoms with Crippen LogP contribution in [-0.2, 0) is 4.74 Å². The molecule has 0 aromatic carbocycles. The molecule has 0 radical (unpaired) electrons. The summed E-state index contributed by atoms with van der Waals surface area (Å²) in [6.07, 6.45) is 8.21. The Morgan fingerprint density at radius 3 is 2.50 bits per heavy atom. The summed E-state index contributed by atoms with van der Waals surface area (Å²) in [5, 5.41) is 9.70. The summed E-state index contributed by atoms with van der Waals surface area (Å²) in [6, 6.07) is 0. The second kappa shape index (κ2) is 4.19. The molecule has 2 atom stereocenters. The van der Waals surface area contributed by atoms with Crippen molar-refractivity contribution in [2.75, 3.05) is 6.61 Å². The number of aliphatic hydroxyl groups is 1. The Morgan fingerprint density at radius 2 is 1.86 bits per heavy atom. The molecule has 0 amide bonds. The molecule has 2 rings (SSSR count). The van der Waals surface area contributed by atoms with Gasteiger partial charge in [-0.05, 0) is 32.1 Å². The lowest BCUT2D eigenvalue weighted by Crippen LogP contribution is -2.45. The van der Waals surface area contributed by atoms with E-state index in [1.807, 2.05) is 0 Å². The molecule has 2 heteroatoms. The quantitative estimate of drug-likeness (QED) is 0.701. The molecular formula is C12H22O2. The predicted octanol–water partition coefficient (Wildman–Crippen LogP) is 2.50. The van der Waals surface area contributed by atoms with Crippen LogP contribution in [-0.4, -0.2) is 23.4 Å². The SMILES string of the molecule is CC1(C2CCCCC2)CC(O)CCO1. The maximum Gasteiger partial charge on any atom is 0.0707 e. The first-order valence-electron chi connectivity index (χ1n) is 6.03. The molecule has 2 nitrogen and oxygen atoms in total. The number of hydrogen-bond acceptors (Lipinski definition) is 2. The van der Waals surface area contributed by atoms with Crippen molar-refractivity contribution in [1.29, 1.82) is 0 Å². The Balaban J connectivity index is 1.98. The second-order valence-corrected chi connectivity index (χ2v) is 5.14. The fourth-order valence-electron chi connectivity index (χ4n) is 3.05. The first-order chi connectivity index (χ1) is 6.71. The maximum absolute atomic E-state index is 9.70. The van der Waals surface area contributed by atoms with Crippen LogP contribution in [0.25, 0.3) is 0 Å². The minimum absolute atomic E-state index is 0.0297. The first kappa shape index (κ1) is 10.4. The zero-order valence-electron chi connectivity index (χ0n) is 9.17. The lowest BCUT2D eigenvalue weighted by atomic mass is 9.74. The van der Waals surface area contributed by atoms with E-state index >= 15 is 0 Å². The summed E-state index contributed by atoms with van der Waals surface area (Å²) in [4.78, 5) is 0. The molecule has 1 N–H and O–H groups in total. The Labute approximate surface area is 86.6 Å². The molecule has 1 aliphatic heterocycles. The molecule has 0 spiro atoms. The van der Waals surface area contributed by atoms with E-state index in [0.29, 0.717) is 5.92 Å². The summed E-state index contributed by atoms with van der Waals surface area (Å²) >= 11 is 0. The van der Waals surface area contributed by atoms with E-state index in [-0.39, 0.29) is 11.7 Å². The number of rotatable bonds is 1. The van der Waals surface area contributed by atoms with Gasteiger partial charge in [0.2, 0.25) is 0 Å². The monoisotopic (exact) mass is 198 g/mol. The lowest BCUT2D eigenvalue weighted by Gasteiger charge is -2.44. The Hall–Kier alpha value is -0.0800. The van der Waals surface area contributed by atoms with Gasteiger partial charge in [0.15, 0.2) is 0 Å². The molecule has 0 bridgehead atoms. The van der Waals surface area contributed by atoms with E-state index < -0.39 is 0 Å². The van der Waals surface area contributed by atoms with Crippen molar-refractivity contribution in [1.82, 2.24) is 0 Å². The highest BCUT2D eigenvalue weighted by molar-refractivity contribution is 4.90. The van der Waals surface area contributed by atoms with Gasteiger partial charge in [-0.3, -0.25) is 0 Å². The Bertz CT molecular complexity index is 187. The van der Waals surface area contributed by atoms with Gasteiger partial charge < -0.3 is 9.84 Å². The van der Waals surface area contributed by atoms with Crippen LogP contribution < -0.4 is 0 Å². The van der Waals surface area contributed by atoms with Crippen molar-refractivity contribution in [3.8, 4) is 0 Å². The van der Waals surface area contributed by atoms with Crippen LogP contribution in [0.4, 0.5) is 0 Å². The largest absolute Gasteiger partial charge is 0.393 e. The third-order valence-corrected chi connectivity index (χ3v) is 3.99. The van der Waals surface area contributed by atoms with Gasteiger partial charge >= 0.3 is 0 Å². The molecule has 2 aliphatic rings. The van der Waals surface area contributed by atoms with Gasteiger partial charge in [0.05, 0.1) is 11.7 Å². The van der Waals surface area contributed by atoms with E-state index in [1.165, 1.54) is 32.1 Å². The van der Waals surface area contributed by atoms with Crippen LogP contribution in [0.2, 0.25) is 0 Å². The minimum Gasteiger partial charge on any atom is -0.393 e. The highest BCUT2D eigenvalue weighted by Crippen LogP contribution is 2.40. The Kier molecular flexibility index (Phi) is 3.13. The summed E-state index contributed by atoms with van der Waals surface area (Å²) < 4.78 is 5.92. The molecule has 1 aliphatic carbocycles. The van der Waals surface area contributed by atoms with Gasteiger partial charge in [0.25, 0.3) is 0 Å². The van der Waals surface area contributed by atoms with Crippen LogP contribution in [0.1, 0.15) is 51.9 Å². The molecule has 1 saturated carbocycles. The van der Waals surface area contributed by atoms with Gasteiger partial charge in [-0.15, -0.1) is 0 Å². The Morgan fingerprint density at radius 1 is 1.14 bits per heavy atom. The number of ether oxygens (including phenoxy) is 1. The van der Waals surface area contributed by atoms with Crippen molar-refractivity contribution in [3.05, 3.63) is 0 Å². The first-order valence-corrected chi connectivity index (χ1v) is 6.03.